The van der Waals surface area contributed by atoms with Crippen LogP contribution in [-0.2, 0) is 11.2 Å². The highest BCUT2D eigenvalue weighted by Crippen LogP contribution is 2.16. The van der Waals surface area contributed by atoms with Gasteiger partial charge in [0.1, 0.15) is 5.82 Å². The molecule has 0 bridgehead atoms. The van der Waals surface area contributed by atoms with E-state index < -0.39 is 0 Å². The van der Waals surface area contributed by atoms with E-state index in [9.17, 15) is 9.18 Å². The third kappa shape index (κ3) is 2.70. The molecule has 3 nitrogen and oxygen atoms in total. The summed E-state index contributed by atoms with van der Waals surface area (Å²) in [7, 11) is 0. The Morgan fingerprint density at radius 1 is 1.41 bits per heavy atom. The Bertz CT molecular complexity index is 468. The minimum Gasteiger partial charge on any atom is -0.273 e. The van der Waals surface area contributed by atoms with Crippen LogP contribution in [0, 0.1) is 5.82 Å². The van der Waals surface area contributed by atoms with Crippen LogP contribution < -0.4 is 5.43 Å². The second-order valence-electron chi connectivity index (χ2n) is 4.15. The summed E-state index contributed by atoms with van der Waals surface area (Å²) in [5, 5.41) is 3.95. The van der Waals surface area contributed by atoms with Crippen molar-refractivity contribution in [3.63, 3.8) is 0 Å². The van der Waals surface area contributed by atoms with Crippen molar-refractivity contribution in [2.24, 2.45) is 5.10 Å². The van der Waals surface area contributed by atoms with Crippen LogP contribution in [0.3, 0.4) is 0 Å². The SMILES string of the molecule is CCCc1ccc(C2=NNC(=O)CC2)cc1F. The van der Waals surface area contributed by atoms with Gasteiger partial charge >= 0.3 is 0 Å². The van der Waals surface area contributed by atoms with Gasteiger partial charge in [-0.15, -0.1) is 0 Å². The summed E-state index contributed by atoms with van der Waals surface area (Å²) < 4.78 is 13.7. The summed E-state index contributed by atoms with van der Waals surface area (Å²) in [6, 6.07) is 5.17. The van der Waals surface area contributed by atoms with Gasteiger partial charge in [0, 0.05) is 18.4 Å². The predicted molar refractivity (Wildman–Crippen MR) is 64.3 cm³/mol. The lowest BCUT2D eigenvalue weighted by atomic mass is 10.0. The van der Waals surface area contributed by atoms with Crippen LogP contribution in [0.25, 0.3) is 0 Å². The van der Waals surface area contributed by atoms with Gasteiger partial charge in [-0.3, -0.25) is 4.79 Å². The van der Waals surface area contributed by atoms with Crippen molar-refractivity contribution < 1.29 is 9.18 Å². The van der Waals surface area contributed by atoms with Crippen molar-refractivity contribution in [3.8, 4) is 0 Å². The van der Waals surface area contributed by atoms with Gasteiger partial charge in [0.05, 0.1) is 5.71 Å². The third-order valence-electron chi connectivity index (χ3n) is 2.81. The van der Waals surface area contributed by atoms with Crippen LogP contribution in [0.5, 0.6) is 0 Å². The molecule has 17 heavy (non-hydrogen) atoms. The Morgan fingerprint density at radius 2 is 2.24 bits per heavy atom. The summed E-state index contributed by atoms with van der Waals surface area (Å²) in [6.07, 6.45) is 2.65. The quantitative estimate of drug-likeness (QED) is 0.857. The third-order valence-corrected chi connectivity index (χ3v) is 2.81. The summed E-state index contributed by atoms with van der Waals surface area (Å²) in [5.74, 6) is -0.277. The topological polar surface area (TPSA) is 41.5 Å². The highest BCUT2D eigenvalue weighted by atomic mass is 19.1. The van der Waals surface area contributed by atoms with Crippen LogP contribution >= 0.6 is 0 Å². The highest BCUT2D eigenvalue weighted by Gasteiger charge is 2.14. The van der Waals surface area contributed by atoms with Gasteiger partial charge in [-0.1, -0.05) is 25.5 Å². The smallest absolute Gasteiger partial charge is 0.240 e. The van der Waals surface area contributed by atoms with Gasteiger partial charge < -0.3 is 0 Å². The number of carbonyl (C=O) groups excluding carboxylic acids is 1. The molecule has 1 heterocycles. The second-order valence-corrected chi connectivity index (χ2v) is 4.15. The molecule has 0 spiro atoms. The van der Waals surface area contributed by atoms with E-state index in [0.29, 0.717) is 12.8 Å². The maximum absolute atomic E-state index is 13.7. The fraction of sp³-hybridized carbons (Fsp3) is 0.385. The van der Waals surface area contributed by atoms with Crippen LogP contribution in [-0.4, -0.2) is 11.6 Å². The van der Waals surface area contributed by atoms with E-state index in [2.05, 4.69) is 10.5 Å². The standard InChI is InChI=1S/C13H15FN2O/c1-2-3-9-4-5-10(8-11(9)14)12-6-7-13(17)16-15-12/h4-5,8H,2-3,6-7H2,1H3,(H,16,17). The van der Waals surface area contributed by atoms with Crippen molar-refractivity contribution in [3.05, 3.63) is 35.1 Å². The number of rotatable bonds is 3. The fourth-order valence-corrected chi connectivity index (χ4v) is 1.88. The van der Waals surface area contributed by atoms with Gasteiger partial charge in [0.15, 0.2) is 0 Å². The average Bonchev–Trinajstić information content (AvgIpc) is 2.33. The largest absolute Gasteiger partial charge is 0.273 e. The number of halogens is 1. The molecule has 0 unspecified atom stereocenters. The molecule has 1 aromatic rings. The first kappa shape index (κ1) is 11.8. The Balaban J connectivity index is 2.22. The predicted octanol–water partition coefficient (Wildman–Crippen LogP) is 2.39. The number of amides is 1. The molecule has 90 valence electrons. The maximum Gasteiger partial charge on any atom is 0.240 e. The number of benzene rings is 1. The lowest BCUT2D eigenvalue weighted by molar-refractivity contribution is -0.121. The van der Waals surface area contributed by atoms with Gasteiger partial charge in [-0.25, -0.2) is 9.82 Å². The Hall–Kier alpha value is -1.71. The molecule has 0 fully saturated rings. The molecule has 1 N–H and O–H groups in total. The lowest BCUT2D eigenvalue weighted by Crippen LogP contribution is -2.25. The molecular weight excluding hydrogens is 219 g/mol. The second kappa shape index (κ2) is 5.08. The Labute approximate surface area is 99.7 Å². The van der Waals surface area contributed by atoms with Crippen molar-refractivity contribution in [2.45, 2.75) is 32.6 Å². The molecule has 0 aromatic heterocycles. The van der Waals surface area contributed by atoms with Crippen LogP contribution in [0.2, 0.25) is 0 Å². The molecule has 0 saturated carbocycles. The van der Waals surface area contributed by atoms with E-state index >= 15 is 0 Å². The normalized spacial score (nSPS) is 15.4. The van der Waals surface area contributed by atoms with Crippen molar-refractivity contribution in [1.82, 2.24) is 5.43 Å². The monoisotopic (exact) mass is 234 g/mol. The van der Waals surface area contributed by atoms with Crippen LogP contribution in [0.15, 0.2) is 23.3 Å². The number of hydrogen-bond acceptors (Lipinski definition) is 2. The molecule has 0 aliphatic carbocycles. The summed E-state index contributed by atoms with van der Waals surface area (Å²) in [6.45, 7) is 2.02. The molecule has 1 amide bonds. The maximum atomic E-state index is 13.7. The van der Waals surface area contributed by atoms with E-state index in [-0.39, 0.29) is 11.7 Å². The van der Waals surface area contributed by atoms with Crippen LogP contribution in [0.4, 0.5) is 4.39 Å². The Kier molecular flexibility index (Phi) is 3.52. The average molecular weight is 234 g/mol. The zero-order chi connectivity index (χ0) is 12.3. The summed E-state index contributed by atoms with van der Waals surface area (Å²) >= 11 is 0. The van der Waals surface area contributed by atoms with E-state index in [4.69, 9.17) is 0 Å². The number of nitrogens with one attached hydrogen (secondary N) is 1. The van der Waals surface area contributed by atoms with E-state index in [0.717, 1.165) is 29.7 Å². The first-order chi connectivity index (χ1) is 8.20. The van der Waals surface area contributed by atoms with Crippen molar-refractivity contribution in [2.75, 3.05) is 0 Å². The number of hydrazone groups is 1. The molecule has 0 saturated heterocycles. The number of carbonyl (C=O) groups is 1. The molecular formula is C13H15FN2O. The van der Waals surface area contributed by atoms with E-state index in [1.165, 1.54) is 6.07 Å². The van der Waals surface area contributed by atoms with Gasteiger partial charge in [0.25, 0.3) is 0 Å². The van der Waals surface area contributed by atoms with Gasteiger partial charge in [-0.05, 0) is 18.1 Å². The highest BCUT2D eigenvalue weighted by molar-refractivity contribution is 6.04. The lowest BCUT2D eigenvalue weighted by Gasteiger charge is -2.12. The van der Waals surface area contributed by atoms with Gasteiger partial charge in [0.2, 0.25) is 5.91 Å². The zero-order valence-corrected chi connectivity index (χ0v) is 9.79. The molecule has 0 atom stereocenters. The first-order valence-electron chi connectivity index (χ1n) is 5.85. The van der Waals surface area contributed by atoms with Crippen LogP contribution in [0.1, 0.15) is 37.3 Å². The van der Waals surface area contributed by atoms with E-state index in [1.54, 1.807) is 6.07 Å². The molecule has 1 aliphatic heterocycles. The molecule has 1 aromatic carbocycles. The number of hydrogen-bond donors (Lipinski definition) is 1. The molecule has 1 aliphatic rings. The zero-order valence-electron chi connectivity index (χ0n) is 9.79. The number of aryl methyl sites for hydroxylation is 1. The number of nitrogens with zero attached hydrogens (tertiary/aromatic N) is 1. The molecule has 2 rings (SSSR count). The van der Waals surface area contributed by atoms with Crippen molar-refractivity contribution >= 4 is 11.6 Å². The Morgan fingerprint density at radius 3 is 2.82 bits per heavy atom. The van der Waals surface area contributed by atoms with E-state index in [1.807, 2.05) is 13.0 Å². The summed E-state index contributed by atoms with van der Waals surface area (Å²) in [5.41, 5.74) is 4.64. The summed E-state index contributed by atoms with van der Waals surface area (Å²) in [4.78, 5) is 11.0. The van der Waals surface area contributed by atoms with Gasteiger partial charge in [-0.2, -0.15) is 5.10 Å². The fourth-order valence-electron chi connectivity index (χ4n) is 1.88. The molecule has 0 radical (unpaired) electrons. The minimum absolute atomic E-state index is 0.0863. The minimum atomic E-state index is -0.191. The molecule has 4 heteroatoms. The first-order valence-corrected chi connectivity index (χ1v) is 5.85. The van der Waals surface area contributed by atoms with Crippen molar-refractivity contribution in [1.29, 1.82) is 0 Å².